The Kier molecular flexibility index (Phi) is 4.49. The van der Waals surface area contributed by atoms with E-state index in [0.717, 1.165) is 0 Å². The van der Waals surface area contributed by atoms with Gasteiger partial charge in [0.05, 0.1) is 4.92 Å². The first kappa shape index (κ1) is 14.2. The van der Waals surface area contributed by atoms with Crippen LogP contribution in [-0.2, 0) is 4.79 Å². The van der Waals surface area contributed by atoms with E-state index in [9.17, 15) is 14.9 Å². The van der Waals surface area contributed by atoms with Gasteiger partial charge < -0.3 is 11.1 Å². The Hall–Kier alpha value is -1.82. The number of halogens is 1. The topological polar surface area (TPSA) is 98.3 Å². The molecule has 0 aliphatic rings. The highest BCUT2D eigenvalue weighted by Gasteiger charge is 2.25. The lowest BCUT2D eigenvalue weighted by atomic mass is 10.0. The zero-order valence-corrected chi connectivity index (χ0v) is 10.8. The summed E-state index contributed by atoms with van der Waals surface area (Å²) in [6, 6.07) is 3.78. The number of carbonyl (C=O) groups excluding carboxylic acids is 1. The average Bonchev–Trinajstić information content (AvgIpc) is 2.24. The van der Waals surface area contributed by atoms with Crippen LogP contribution in [0.4, 0.5) is 11.4 Å². The molecule has 98 valence electrons. The number of nitrogens with two attached hydrogens (primary N) is 1. The zero-order valence-electron chi connectivity index (χ0n) is 10.0. The van der Waals surface area contributed by atoms with Crippen LogP contribution in [0.15, 0.2) is 18.2 Å². The average molecular weight is 272 g/mol. The first-order valence-electron chi connectivity index (χ1n) is 5.33. The number of rotatable bonds is 5. The minimum absolute atomic E-state index is 0.0111. The zero-order chi connectivity index (χ0) is 13.9. The number of nitro benzene ring substituents is 1. The van der Waals surface area contributed by atoms with E-state index >= 15 is 0 Å². The molecule has 18 heavy (non-hydrogen) atoms. The Balaban J connectivity index is 3.14. The van der Waals surface area contributed by atoms with E-state index in [1.165, 1.54) is 12.1 Å². The van der Waals surface area contributed by atoms with Crippen LogP contribution < -0.4 is 11.1 Å². The van der Waals surface area contributed by atoms with Crippen LogP contribution in [0.2, 0.25) is 5.02 Å². The fourth-order valence-electron chi connectivity index (χ4n) is 1.55. The molecule has 0 radical (unpaired) electrons. The fourth-order valence-corrected chi connectivity index (χ4v) is 1.79. The number of nitrogens with zero attached hydrogens (tertiary/aromatic N) is 1. The highest BCUT2D eigenvalue weighted by molar-refractivity contribution is 6.33. The Bertz CT molecular complexity index is 477. The van der Waals surface area contributed by atoms with Crippen molar-refractivity contribution in [1.29, 1.82) is 0 Å². The highest BCUT2D eigenvalue weighted by Crippen LogP contribution is 2.33. The third-order valence-electron chi connectivity index (χ3n) is 2.45. The Morgan fingerprint density at radius 3 is 2.56 bits per heavy atom. The first-order valence-corrected chi connectivity index (χ1v) is 5.71. The predicted molar refractivity (Wildman–Crippen MR) is 69.5 cm³/mol. The maximum absolute atomic E-state index is 11.3. The number of anilines is 1. The Labute approximate surface area is 109 Å². The molecule has 1 unspecified atom stereocenters. The summed E-state index contributed by atoms with van der Waals surface area (Å²) in [5.41, 5.74) is 5.17. The second-order valence-corrected chi connectivity index (χ2v) is 4.57. The molecule has 0 aliphatic heterocycles. The van der Waals surface area contributed by atoms with Crippen LogP contribution in [0, 0.1) is 16.0 Å². The molecule has 0 saturated heterocycles. The largest absolute Gasteiger partial charge is 0.368 e. The van der Waals surface area contributed by atoms with Gasteiger partial charge in [0.1, 0.15) is 16.8 Å². The maximum atomic E-state index is 11.3. The van der Waals surface area contributed by atoms with Gasteiger partial charge >= 0.3 is 5.69 Å². The molecule has 1 amide bonds. The van der Waals surface area contributed by atoms with Crippen LogP contribution in [0.25, 0.3) is 0 Å². The number of primary amides is 1. The third-order valence-corrected chi connectivity index (χ3v) is 2.76. The number of para-hydroxylation sites is 1. The molecule has 7 heteroatoms. The lowest BCUT2D eigenvalue weighted by molar-refractivity contribution is -0.383. The van der Waals surface area contributed by atoms with Gasteiger partial charge in [-0.3, -0.25) is 14.9 Å². The van der Waals surface area contributed by atoms with Crippen LogP contribution in [0.3, 0.4) is 0 Å². The van der Waals surface area contributed by atoms with Gasteiger partial charge in [0, 0.05) is 0 Å². The Morgan fingerprint density at radius 1 is 1.50 bits per heavy atom. The predicted octanol–water partition coefficient (Wildman–Crippen LogP) is 2.17. The summed E-state index contributed by atoms with van der Waals surface area (Å²) in [4.78, 5) is 21.6. The molecule has 1 rings (SSSR count). The quantitative estimate of drug-likeness (QED) is 0.633. The van der Waals surface area contributed by atoms with Crippen molar-refractivity contribution >= 4 is 28.9 Å². The summed E-state index contributed by atoms with van der Waals surface area (Å²) < 4.78 is 0. The van der Waals surface area contributed by atoms with Gasteiger partial charge in [-0.05, 0) is 18.1 Å². The minimum Gasteiger partial charge on any atom is -0.368 e. The van der Waals surface area contributed by atoms with Crippen molar-refractivity contribution in [3.8, 4) is 0 Å². The number of benzene rings is 1. The van der Waals surface area contributed by atoms with E-state index in [1.54, 1.807) is 19.9 Å². The van der Waals surface area contributed by atoms with Crippen LogP contribution >= 0.6 is 11.6 Å². The first-order chi connectivity index (χ1) is 8.34. The normalized spacial score (nSPS) is 12.2. The lowest BCUT2D eigenvalue weighted by Gasteiger charge is -2.20. The van der Waals surface area contributed by atoms with Crippen molar-refractivity contribution in [2.75, 3.05) is 5.32 Å². The number of nitrogens with one attached hydrogen (secondary N) is 1. The van der Waals surface area contributed by atoms with Crippen molar-refractivity contribution in [2.45, 2.75) is 19.9 Å². The van der Waals surface area contributed by atoms with Gasteiger partial charge in [0.15, 0.2) is 0 Å². The van der Waals surface area contributed by atoms with Gasteiger partial charge in [0.2, 0.25) is 5.91 Å². The molecule has 0 heterocycles. The van der Waals surface area contributed by atoms with E-state index < -0.39 is 16.9 Å². The third kappa shape index (κ3) is 3.10. The molecule has 6 nitrogen and oxygen atoms in total. The fraction of sp³-hybridized carbons (Fsp3) is 0.364. The second-order valence-electron chi connectivity index (χ2n) is 4.16. The standard InChI is InChI=1S/C11H14ClN3O3/c1-6(2)9(11(13)16)14-8-5-3-4-7(12)10(8)15(17)18/h3-6,9,14H,1-2H3,(H2,13,16). The SMILES string of the molecule is CC(C)C(Nc1cccc(Cl)c1[N+](=O)[O-])C(N)=O. The molecular weight excluding hydrogens is 258 g/mol. The Morgan fingerprint density at radius 2 is 2.11 bits per heavy atom. The molecule has 3 N–H and O–H groups in total. The van der Waals surface area contributed by atoms with Gasteiger partial charge in [-0.2, -0.15) is 0 Å². The molecule has 0 spiro atoms. The number of hydrogen-bond donors (Lipinski definition) is 2. The van der Waals surface area contributed by atoms with Gasteiger partial charge in [0.25, 0.3) is 0 Å². The molecule has 1 aromatic carbocycles. The second kappa shape index (κ2) is 5.68. The molecule has 0 aromatic heterocycles. The van der Waals surface area contributed by atoms with Crippen LogP contribution in [-0.4, -0.2) is 16.9 Å². The van der Waals surface area contributed by atoms with Gasteiger partial charge in [-0.1, -0.05) is 31.5 Å². The molecular formula is C11H14ClN3O3. The van der Waals surface area contributed by atoms with Crippen molar-refractivity contribution in [1.82, 2.24) is 0 Å². The molecule has 0 aliphatic carbocycles. The van der Waals surface area contributed by atoms with Gasteiger partial charge in [-0.25, -0.2) is 0 Å². The van der Waals surface area contributed by atoms with Crippen LogP contribution in [0.5, 0.6) is 0 Å². The lowest BCUT2D eigenvalue weighted by Crippen LogP contribution is -2.39. The van der Waals surface area contributed by atoms with Crippen molar-refractivity contribution in [3.05, 3.63) is 33.3 Å². The van der Waals surface area contributed by atoms with Crippen LogP contribution in [0.1, 0.15) is 13.8 Å². The molecule has 1 aromatic rings. The molecule has 1 atom stereocenters. The molecule has 0 bridgehead atoms. The number of amides is 1. The van der Waals surface area contributed by atoms with E-state index in [2.05, 4.69) is 5.32 Å². The molecule has 0 fully saturated rings. The highest BCUT2D eigenvalue weighted by atomic mass is 35.5. The summed E-state index contributed by atoms with van der Waals surface area (Å²) in [5, 5.41) is 13.7. The van der Waals surface area contributed by atoms with Gasteiger partial charge in [-0.15, -0.1) is 0 Å². The van der Waals surface area contributed by atoms with Crippen molar-refractivity contribution < 1.29 is 9.72 Å². The monoisotopic (exact) mass is 271 g/mol. The van der Waals surface area contributed by atoms with E-state index in [4.69, 9.17) is 17.3 Å². The summed E-state index contributed by atoms with van der Waals surface area (Å²) >= 11 is 5.77. The maximum Gasteiger partial charge on any atom is 0.310 e. The van der Waals surface area contributed by atoms with Crippen molar-refractivity contribution in [2.24, 2.45) is 11.7 Å². The number of hydrogen-bond acceptors (Lipinski definition) is 4. The molecule has 0 saturated carbocycles. The summed E-state index contributed by atoms with van der Waals surface area (Å²) in [6.07, 6.45) is 0. The summed E-state index contributed by atoms with van der Waals surface area (Å²) in [7, 11) is 0. The number of nitro groups is 1. The van der Waals surface area contributed by atoms with E-state index in [0.29, 0.717) is 0 Å². The minimum atomic E-state index is -0.692. The smallest absolute Gasteiger partial charge is 0.310 e. The number of carbonyl (C=O) groups is 1. The van der Waals surface area contributed by atoms with E-state index in [-0.39, 0.29) is 22.3 Å². The van der Waals surface area contributed by atoms with Crippen molar-refractivity contribution in [3.63, 3.8) is 0 Å². The summed E-state index contributed by atoms with van der Waals surface area (Å²) in [6.45, 7) is 3.58. The summed E-state index contributed by atoms with van der Waals surface area (Å²) in [5.74, 6) is -0.666. The van der Waals surface area contributed by atoms with E-state index in [1.807, 2.05) is 0 Å².